The second-order valence-electron chi connectivity index (χ2n) is 11.0. The molecule has 2 aromatic rings. The van der Waals surface area contributed by atoms with Gasteiger partial charge in [0.05, 0.1) is 17.4 Å². The number of likely N-dealkylation sites (tertiary alicyclic amines) is 1. The van der Waals surface area contributed by atoms with Gasteiger partial charge in [0.25, 0.3) is 0 Å². The quantitative estimate of drug-likeness (QED) is 0.594. The van der Waals surface area contributed by atoms with Crippen molar-refractivity contribution in [3.05, 3.63) is 58.8 Å². The van der Waals surface area contributed by atoms with Crippen molar-refractivity contribution in [1.82, 2.24) is 15.4 Å². The molecule has 5 rings (SSSR count). The van der Waals surface area contributed by atoms with Gasteiger partial charge in [0, 0.05) is 23.2 Å². The molecule has 3 aliphatic rings. The molecule has 2 N–H and O–H groups in total. The number of hydrogen-bond acceptors (Lipinski definition) is 6. The second kappa shape index (κ2) is 8.18. The summed E-state index contributed by atoms with van der Waals surface area (Å²) in [5, 5.41) is 10.2. The molecule has 0 saturated carbocycles. The zero-order chi connectivity index (χ0) is 26.0. The van der Waals surface area contributed by atoms with E-state index in [0.717, 1.165) is 5.56 Å². The first-order valence-corrected chi connectivity index (χ1v) is 12.2. The Kier molecular flexibility index (Phi) is 5.57. The van der Waals surface area contributed by atoms with Gasteiger partial charge in [-0.3, -0.25) is 14.4 Å². The summed E-state index contributed by atoms with van der Waals surface area (Å²) in [5.41, 5.74) is -2.07. The zero-order valence-corrected chi connectivity index (χ0v) is 21.6. The van der Waals surface area contributed by atoms with Crippen LogP contribution in [0.1, 0.15) is 39.0 Å². The predicted molar refractivity (Wildman–Crippen MR) is 132 cm³/mol. The van der Waals surface area contributed by atoms with E-state index in [-0.39, 0.29) is 24.2 Å². The Balaban J connectivity index is 1.54. The maximum absolute atomic E-state index is 14.0. The summed E-state index contributed by atoms with van der Waals surface area (Å²) >= 11 is 6.04. The molecule has 9 nitrogen and oxygen atoms in total. The summed E-state index contributed by atoms with van der Waals surface area (Å²) in [7, 11) is 0. The first kappa shape index (κ1) is 24.5. The molecule has 36 heavy (non-hydrogen) atoms. The van der Waals surface area contributed by atoms with Gasteiger partial charge in [0.1, 0.15) is 17.4 Å². The number of ether oxygens (including phenoxy) is 1. The molecule has 1 aromatic heterocycles. The van der Waals surface area contributed by atoms with E-state index in [1.165, 1.54) is 4.90 Å². The summed E-state index contributed by atoms with van der Waals surface area (Å²) in [5.74, 6) is -2.03. The predicted octanol–water partition coefficient (Wildman–Crippen LogP) is 3.23. The van der Waals surface area contributed by atoms with Crippen molar-refractivity contribution in [2.24, 2.45) is 11.8 Å². The molecule has 0 unspecified atom stereocenters. The van der Waals surface area contributed by atoms with Crippen molar-refractivity contribution >= 4 is 35.1 Å². The topological polar surface area (TPSA) is 114 Å². The van der Waals surface area contributed by atoms with E-state index in [2.05, 4.69) is 15.8 Å². The molecule has 3 aliphatic heterocycles. The maximum atomic E-state index is 14.0. The normalized spacial score (nSPS) is 30.6. The third-order valence-corrected chi connectivity index (χ3v) is 7.22. The number of halogens is 1. The van der Waals surface area contributed by atoms with Crippen LogP contribution in [0.5, 0.6) is 0 Å². The fourth-order valence-corrected chi connectivity index (χ4v) is 5.78. The maximum Gasteiger partial charge on any atom is 0.246 e. The van der Waals surface area contributed by atoms with Gasteiger partial charge in [-0.25, -0.2) is 0 Å². The summed E-state index contributed by atoms with van der Waals surface area (Å²) in [6, 6.07) is 7.73. The van der Waals surface area contributed by atoms with Crippen molar-refractivity contribution in [1.29, 1.82) is 0 Å². The summed E-state index contributed by atoms with van der Waals surface area (Å²) in [6.45, 7) is 9.28. The lowest BCUT2D eigenvalue weighted by Crippen LogP contribution is -2.57. The van der Waals surface area contributed by atoms with Crippen LogP contribution in [0.15, 0.2) is 47.0 Å². The van der Waals surface area contributed by atoms with Crippen molar-refractivity contribution < 1.29 is 23.6 Å². The number of fused-ring (bicyclic) bond motifs is 1. The summed E-state index contributed by atoms with van der Waals surface area (Å²) in [4.78, 5) is 42.8. The number of carbonyl (C=O) groups excluding carboxylic acids is 3. The lowest BCUT2D eigenvalue weighted by molar-refractivity contribution is -0.145. The van der Waals surface area contributed by atoms with Crippen molar-refractivity contribution in [3.63, 3.8) is 0 Å². The van der Waals surface area contributed by atoms with Crippen LogP contribution in [-0.4, -0.2) is 50.6 Å². The number of aromatic nitrogens is 1. The number of nitrogens with zero attached hydrogens (tertiary/aromatic N) is 2. The molecule has 2 fully saturated rings. The van der Waals surface area contributed by atoms with E-state index < -0.39 is 40.5 Å². The minimum atomic E-state index is -1.28. The van der Waals surface area contributed by atoms with Crippen LogP contribution in [0.2, 0.25) is 5.02 Å². The zero-order valence-electron chi connectivity index (χ0n) is 20.8. The van der Waals surface area contributed by atoms with Crippen LogP contribution in [0.25, 0.3) is 0 Å². The highest BCUT2D eigenvalue weighted by Gasteiger charge is 2.76. The van der Waals surface area contributed by atoms with Crippen LogP contribution < -0.4 is 10.6 Å². The van der Waals surface area contributed by atoms with Crippen LogP contribution in [0.4, 0.5) is 5.82 Å². The fourth-order valence-electron chi connectivity index (χ4n) is 5.65. The van der Waals surface area contributed by atoms with Gasteiger partial charge in [0.15, 0.2) is 5.82 Å². The largest absolute Gasteiger partial charge is 0.360 e. The molecule has 10 heteroatoms. The number of rotatable bonds is 5. The Bertz CT molecular complexity index is 1270. The summed E-state index contributed by atoms with van der Waals surface area (Å²) in [6.07, 6.45) is 3.58. The molecular weight excluding hydrogens is 484 g/mol. The first-order chi connectivity index (χ1) is 16.8. The third kappa shape index (κ3) is 3.90. The average Bonchev–Trinajstić information content (AvgIpc) is 3.46. The van der Waals surface area contributed by atoms with Crippen LogP contribution in [-0.2, 0) is 25.7 Å². The standard InChI is InChI=1S/C26H29ClN4O5/c1-14-12-17(30-35-14)28-21(32)18-19-23(34)31(13-15-6-8-16(27)9-7-15)20(22(33)29-24(2,3)4)26(19)11-10-25(18,5)36-26/h6-12,18-20H,13H2,1-5H3,(H,29,33)(H,28,30,32)/t18-,19+,20-,25+,26+/m0/s1. The Hall–Kier alpha value is -3.17. The fraction of sp³-hybridized carbons (Fsp3) is 0.462. The highest BCUT2D eigenvalue weighted by molar-refractivity contribution is 6.30. The SMILES string of the molecule is Cc1cc(NC(=O)[C@@H]2[C@@H]3C(=O)N(Cc4ccc(Cl)cc4)[C@@H](C(=O)NC(C)(C)C)[C@@]34C=C[C@@]2(C)O4)no1. The van der Waals surface area contributed by atoms with Crippen molar-refractivity contribution in [2.45, 2.75) is 63.9 Å². The smallest absolute Gasteiger partial charge is 0.246 e. The number of aryl methyl sites for hydroxylation is 1. The number of nitrogens with one attached hydrogen (secondary N) is 2. The van der Waals surface area contributed by atoms with Crippen molar-refractivity contribution in [3.8, 4) is 0 Å². The Morgan fingerprint density at radius 3 is 2.47 bits per heavy atom. The van der Waals surface area contributed by atoms with E-state index in [9.17, 15) is 14.4 Å². The van der Waals surface area contributed by atoms with Crippen LogP contribution >= 0.6 is 11.6 Å². The minimum Gasteiger partial charge on any atom is -0.360 e. The highest BCUT2D eigenvalue weighted by Crippen LogP contribution is 2.60. The molecule has 2 saturated heterocycles. The molecule has 5 atom stereocenters. The van der Waals surface area contributed by atoms with E-state index >= 15 is 0 Å². The lowest BCUT2D eigenvalue weighted by Gasteiger charge is -2.35. The van der Waals surface area contributed by atoms with Crippen LogP contribution in [0, 0.1) is 18.8 Å². The van der Waals surface area contributed by atoms with Gasteiger partial charge < -0.3 is 24.8 Å². The van der Waals surface area contributed by atoms with E-state index in [4.69, 9.17) is 20.9 Å². The molecule has 0 radical (unpaired) electrons. The highest BCUT2D eigenvalue weighted by atomic mass is 35.5. The van der Waals surface area contributed by atoms with Gasteiger partial charge >= 0.3 is 0 Å². The van der Waals surface area contributed by atoms with Crippen LogP contribution in [0.3, 0.4) is 0 Å². The van der Waals surface area contributed by atoms with Crippen molar-refractivity contribution in [2.75, 3.05) is 5.32 Å². The third-order valence-electron chi connectivity index (χ3n) is 6.97. The Morgan fingerprint density at radius 2 is 1.86 bits per heavy atom. The molecular formula is C26H29ClN4O5. The van der Waals surface area contributed by atoms with E-state index in [1.54, 1.807) is 44.2 Å². The van der Waals surface area contributed by atoms with E-state index in [0.29, 0.717) is 10.8 Å². The first-order valence-electron chi connectivity index (χ1n) is 11.8. The van der Waals surface area contributed by atoms with E-state index in [1.807, 2.05) is 32.9 Å². The molecule has 0 aliphatic carbocycles. The van der Waals surface area contributed by atoms with Gasteiger partial charge in [0.2, 0.25) is 17.7 Å². The number of amides is 3. The van der Waals surface area contributed by atoms with Gasteiger partial charge in [-0.2, -0.15) is 0 Å². The molecule has 2 bridgehead atoms. The second-order valence-corrected chi connectivity index (χ2v) is 11.4. The Morgan fingerprint density at radius 1 is 1.17 bits per heavy atom. The minimum absolute atomic E-state index is 0.168. The molecule has 1 spiro atoms. The molecule has 4 heterocycles. The summed E-state index contributed by atoms with van der Waals surface area (Å²) < 4.78 is 11.6. The van der Waals surface area contributed by atoms with Gasteiger partial charge in [-0.05, 0) is 52.3 Å². The average molecular weight is 513 g/mol. The lowest BCUT2D eigenvalue weighted by atomic mass is 9.70. The molecule has 3 amide bonds. The number of anilines is 1. The number of hydrogen-bond donors (Lipinski definition) is 2. The number of benzene rings is 1. The Labute approximate surface area is 214 Å². The molecule has 1 aromatic carbocycles. The monoisotopic (exact) mass is 512 g/mol. The van der Waals surface area contributed by atoms with Gasteiger partial charge in [-0.15, -0.1) is 0 Å². The number of carbonyl (C=O) groups is 3. The van der Waals surface area contributed by atoms with Gasteiger partial charge in [-0.1, -0.05) is 41.0 Å². The molecule has 190 valence electrons.